The average Bonchev–Trinajstić information content (AvgIpc) is 3.22. The molecule has 1 aliphatic rings. The highest BCUT2D eigenvalue weighted by Crippen LogP contribution is 2.27. The Hall–Kier alpha value is -2.05. The first-order chi connectivity index (χ1) is 12.8. The summed E-state index contributed by atoms with van der Waals surface area (Å²) in [4.78, 5) is 16.0. The van der Waals surface area contributed by atoms with Crippen LogP contribution in [-0.2, 0) is 4.79 Å². The number of hydrogen-bond donors (Lipinski definition) is 1. The van der Waals surface area contributed by atoms with Gasteiger partial charge in [0.1, 0.15) is 11.5 Å². The number of carbonyl (C=O) groups excluding carboxylic acids is 1. The van der Waals surface area contributed by atoms with Gasteiger partial charge >= 0.3 is 0 Å². The number of ether oxygens (including phenoxy) is 2. The summed E-state index contributed by atoms with van der Waals surface area (Å²) in [6.07, 6.45) is 3.77. The summed E-state index contributed by atoms with van der Waals surface area (Å²) in [6.45, 7) is 2.83. The molecule has 0 unspecified atom stereocenters. The second kappa shape index (κ2) is 9.59. The summed E-state index contributed by atoms with van der Waals surface area (Å²) >= 11 is 1.75. The molecule has 2 heterocycles. The van der Waals surface area contributed by atoms with Crippen LogP contribution in [0, 0.1) is 0 Å². The predicted octanol–water partition coefficient (Wildman–Crippen LogP) is 3.48. The molecule has 1 aromatic heterocycles. The number of likely N-dealkylation sites (tertiary alicyclic amines) is 1. The Morgan fingerprint density at radius 2 is 1.88 bits per heavy atom. The van der Waals surface area contributed by atoms with Gasteiger partial charge in [0.15, 0.2) is 6.61 Å². The normalized spacial score (nSPS) is 16.0. The lowest BCUT2D eigenvalue weighted by atomic mass is 10.1. The number of rotatable bonds is 8. The molecule has 1 saturated heterocycles. The molecule has 0 radical (unpaired) electrons. The number of nitrogens with zero attached hydrogens (tertiary/aromatic N) is 1. The summed E-state index contributed by atoms with van der Waals surface area (Å²) in [5, 5.41) is 5.14. The summed E-state index contributed by atoms with van der Waals surface area (Å²) in [6, 6.07) is 11.7. The van der Waals surface area contributed by atoms with Gasteiger partial charge in [-0.05, 0) is 61.6 Å². The van der Waals surface area contributed by atoms with Crippen molar-refractivity contribution >= 4 is 17.2 Å². The fourth-order valence-corrected chi connectivity index (χ4v) is 4.06. The van der Waals surface area contributed by atoms with E-state index in [1.165, 1.54) is 24.1 Å². The number of thiophene rings is 1. The van der Waals surface area contributed by atoms with Crippen LogP contribution < -0.4 is 14.8 Å². The molecule has 5 nitrogen and oxygen atoms in total. The van der Waals surface area contributed by atoms with E-state index >= 15 is 0 Å². The van der Waals surface area contributed by atoms with Gasteiger partial charge in [-0.3, -0.25) is 9.69 Å². The lowest BCUT2D eigenvalue weighted by Crippen LogP contribution is -2.41. The molecule has 6 heteroatoms. The first-order valence-electron chi connectivity index (χ1n) is 9.07. The first-order valence-corrected chi connectivity index (χ1v) is 9.95. The van der Waals surface area contributed by atoms with Crippen LogP contribution in [0.2, 0.25) is 0 Å². The fourth-order valence-electron chi connectivity index (χ4n) is 3.20. The average molecular weight is 375 g/mol. The molecule has 1 atom stereocenters. The van der Waals surface area contributed by atoms with E-state index in [1.807, 2.05) is 12.1 Å². The number of benzene rings is 1. The molecule has 0 aliphatic carbocycles. The minimum absolute atomic E-state index is 0.0174. The van der Waals surface area contributed by atoms with E-state index in [-0.39, 0.29) is 18.6 Å². The zero-order valence-corrected chi connectivity index (χ0v) is 16.0. The second-order valence-electron chi connectivity index (χ2n) is 6.40. The third-order valence-electron chi connectivity index (χ3n) is 4.62. The van der Waals surface area contributed by atoms with E-state index in [9.17, 15) is 4.79 Å². The molecule has 1 N–H and O–H groups in total. The number of hydrogen-bond acceptors (Lipinski definition) is 5. The van der Waals surface area contributed by atoms with Crippen LogP contribution in [0.5, 0.6) is 11.5 Å². The van der Waals surface area contributed by atoms with Crippen molar-refractivity contribution in [2.24, 2.45) is 0 Å². The Kier molecular flexibility index (Phi) is 6.91. The SMILES string of the molecule is COc1ccc(OCC(=O)NC[C@@H](c2cccs2)N2CCCCC2)cc1. The van der Waals surface area contributed by atoms with Crippen molar-refractivity contribution in [3.8, 4) is 11.5 Å². The number of carbonyl (C=O) groups is 1. The molecule has 1 aromatic carbocycles. The highest BCUT2D eigenvalue weighted by atomic mass is 32.1. The van der Waals surface area contributed by atoms with Crippen LogP contribution >= 0.6 is 11.3 Å². The van der Waals surface area contributed by atoms with E-state index in [4.69, 9.17) is 9.47 Å². The molecule has 0 spiro atoms. The van der Waals surface area contributed by atoms with E-state index in [0.717, 1.165) is 18.8 Å². The fraction of sp³-hybridized carbons (Fsp3) is 0.450. The van der Waals surface area contributed by atoms with Crippen molar-refractivity contribution in [1.29, 1.82) is 0 Å². The predicted molar refractivity (Wildman–Crippen MR) is 104 cm³/mol. The van der Waals surface area contributed by atoms with Crippen molar-refractivity contribution in [2.45, 2.75) is 25.3 Å². The highest BCUT2D eigenvalue weighted by Gasteiger charge is 2.23. The smallest absolute Gasteiger partial charge is 0.258 e. The van der Waals surface area contributed by atoms with Crippen molar-refractivity contribution < 1.29 is 14.3 Å². The molecule has 1 amide bonds. The van der Waals surface area contributed by atoms with Gasteiger partial charge in [-0.1, -0.05) is 12.5 Å². The van der Waals surface area contributed by atoms with Crippen LogP contribution in [0.4, 0.5) is 0 Å². The van der Waals surface area contributed by atoms with E-state index < -0.39 is 0 Å². The molecule has 1 fully saturated rings. The highest BCUT2D eigenvalue weighted by molar-refractivity contribution is 7.10. The lowest BCUT2D eigenvalue weighted by Gasteiger charge is -2.34. The number of nitrogens with one attached hydrogen (secondary N) is 1. The molecule has 2 aromatic rings. The summed E-state index contributed by atoms with van der Waals surface area (Å²) in [5.41, 5.74) is 0. The van der Waals surface area contributed by atoms with Gasteiger partial charge in [-0.15, -0.1) is 11.3 Å². The van der Waals surface area contributed by atoms with Crippen LogP contribution in [-0.4, -0.2) is 44.2 Å². The lowest BCUT2D eigenvalue weighted by molar-refractivity contribution is -0.123. The first kappa shape index (κ1) is 18.7. The van der Waals surface area contributed by atoms with Gasteiger partial charge < -0.3 is 14.8 Å². The van der Waals surface area contributed by atoms with Gasteiger partial charge in [0, 0.05) is 11.4 Å². The Morgan fingerprint density at radius 3 is 2.54 bits per heavy atom. The Bertz CT molecular complexity index is 667. The maximum absolute atomic E-state index is 12.2. The Balaban J connectivity index is 1.50. The van der Waals surface area contributed by atoms with Crippen LogP contribution in [0.25, 0.3) is 0 Å². The zero-order chi connectivity index (χ0) is 18.2. The maximum atomic E-state index is 12.2. The van der Waals surface area contributed by atoms with Gasteiger partial charge in [0.05, 0.1) is 13.2 Å². The van der Waals surface area contributed by atoms with Crippen molar-refractivity contribution in [1.82, 2.24) is 10.2 Å². The molecule has 0 saturated carbocycles. The number of amides is 1. The number of piperidine rings is 1. The maximum Gasteiger partial charge on any atom is 0.258 e. The van der Waals surface area contributed by atoms with Gasteiger partial charge in [-0.25, -0.2) is 0 Å². The van der Waals surface area contributed by atoms with Gasteiger partial charge in [0.2, 0.25) is 0 Å². The van der Waals surface area contributed by atoms with Crippen LogP contribution in [0.3, 0.4) is 0 Å². The van der Waals surface area contributed by atoms with E-state index in [2.05, 4.69) is 27.7 Å². The van der Waals surface area contributed by atoms with Gasteiger partial charge in [-0.2, -0.15) is 0 Å². The number of methoxy groups -OCH3 is 1. The minimum Gasteiger partial charge on any atom is -0.497 e. The Morgan fingerprint density at radius 1 is 1.15 bits per heavy atom. The summed E-state index contributed by atoms with van der Waals surface area (Å²) in [7, 11) is 1.62. The zero-order valence-electron chi connectivity index (χ0n) is 15.1. The summed E-state index contributed by atoms with van der Waals surface area (Å²) in [5.74, 6) is 1.33. The van der Waals surface area contributed by atoms with Crippen molar-refractivity contribution in [3.63, 3.8) is 0 Å². The second-order valence-corrected chi connectivity index (χ2v) is 7.38. The Labute approximate surface area is 158 Å². The quantitative estimate of drug-likeness (QED) is 0.769. The van der Waals surface area contributed by atoms with Crippen molar-refractivity contribution in [2.75, 3.05) is 33.4 Å². The van der Waals surface area contributed by atoms with Crippen LogP contribution in [0.1, 0.15) is 30.2 Å². The minimum atomic E-state index is -0.0978. The molecule has 3 rings (SSSR count). The van der Waals surface area contributed by atoms with Crippen molar-refractivity contribution in [3.05, 3.63) is 46.7 Å². The van der Waals surface area contributed by atoms with E-state index in [0.29, 0.717) is 12.3 Å². The standard InChI is InChI=1S/C20H26N2O3S/c1-24-16-7-9-17(10-8-16)25-15-20(23)21-14-18(19-6-5-13-26-19)22-11-3-2-4-12-22/h5-10,13,18H,2-4,11-12,14-15H2,1H3,(H,21,23)/t18-/m0/s1. The topological polar surface area (TPSA) is 50.8 Å². The van der Waals surface area contributed by atoms with Gasteiger partial charge in [0.25, 0.3) is 5.91 Å². The third-order valence-corrected chi connectivity index (χ3v) is 5.60. The molecule has 26 heavy (non-hydrogen) atoms. The molecule has 140 valence electrons. The molecular formula is C20H26N2O3S. The largest absolute Gasteiger partial charge is 0.497 e. The summed E-state index contributed by atoms with van der Waals surface area (Å²) < 4.78 is 10.7. The molecule has 0 bridgehead atoms. The monoisotopic (exact) mass is 374 g/mol. The third kappa shape index (κ3) is 5.22. The molecular weight excluding hydrogens is 348 g/mol. The van der Waals surface area contributed by atoms with Crippen LogP contribution in [0.15, 0.2) is 41.8 Å². The van der Waals surface area contributed by atoms with E-state index in [1.54, 1.807) is 30.6 Å². The molecule has 1 aliphatic heterocycles.